The van der Waals surface area contributed by atoms with Gasteiger partial charge in [-0.2, -0.15) is 5.26 Å². The number of nitrogens with one attached hydrogen (secondary N) is 3. The number of halogens is 2. The average Bonchev–Trinajstić information content (AvgIpc) is 3.44. The van der Waals surface area contributed by atoms with Crippen LogP contribution < -0.4 is 15.4 Å². The molecule has 2 atom stereocenters. The number of nitriles is 1. The second kappa shape index (κ2) is 9.85. The molecule has 1 fully saturated rings. The number of anilines is 2. The van der Waals surface area contributed by atoms with Crippen LogP contribution in [-0.2, 0) is 16.4 Å². The lowest BCUT2D eigenvalue weighted by atomic mass is 9.88. The van der Waals surface area contributed by atoms with E-state index in [1.807, 2.05) is 12.1 Å². The summed E-state index contributed by atoms with van der Waals surface area (Å²) >= 11 is 7.38. The monoisotopic (exact) mass is 521 g/mol. The normalized spacial score (nSPS) is 20.1. The van der Waals surface area contributed by atoms with Crippen LogP contribution >= 0.6 is 22.9 Å². The van der Waals surface area contributed by atoms with E-state index >= 15 is 0 Å². The number of aromatic nitrogens is 1. The molecule has 0 unspecified atom stereocenters. The number of benzene rings is 2. The van der Waals surface area contributed by atoms with Crippen LogP contribution in [0, 0.1) is 17.1 Å². The number of β-amino-alcohol motifs (C(OH)–C–C–N with tert-alkyl or cyclic N) is 1. The zero-order chi connectivity index (χ0) is 24.3. The van der Waals surface area contributed by atoms with Gasteiger partial charge in [0.25, 0.3) is 10.0 Å². The summed E-state index contributed by atoms with van der Waals surface area (Å²) in [7, 11) is -4.21. The Morgan fingerprint density at radius 2 is 2.12 bits per heavy atom. The van der Waals surface area contributed by atoms with Crippen LogP contribution in [0.4, 0.5) is 15.2 Å². The SMILES string of the molecule is N#Cc1ccc(C[C@@]2(CNc3cc(F)c(S(=O)(=O)Nc4nccs4)cc3Cl)C[C@H](O)CN2)cc1. The van der Waals surface area contributed by atoms with Crippen LogP contribution in [0.3, 0.4) is 0 Å². The van der Waals surface area contributed by atoms with Gasteiger partial charge in [0.1, 0.15) is 10.7 Å². The molecular formula is C22H21ClFN5O3S2. The highest BCUT2D eigenvalue weighted by Gasteiger charge is 2.38. The quantitative estimate of drug-likeness (QED) is 0.358. The molecule has 0 radical (unpaired) electrons. The molecule has 3 aromatic rings. The largest absolute Gasteiger partial charge is 0.392 e. The maximum absolute atomic E-state index is 14.8. The van der Waals surface area contributed by atoms with Gasteiger partial charge in [-0.15, -0.1) is 11.3 Å². The molecule has 0 bridgehead atoms. The van der Waals surface area contributed by atoms with Crippen LogP contribution in [0.2, 0.25) is 5.02 Å². The third-order valence-electron chi connectivity index (χ3n) is 5.55. The van der Waals surface area contributed by atoms with Gasteiger partial charge < -0.3 is 15.7 Å². The van der Waals surface area contributed by atoms with Crippen molar-refractivity contribution in [2.45, 2.75) is 29.4 Å². The lowest BCUT2D eigenvalue weighted by Crippen LogP contribution is -2.48. The lowest BCUT2D eigenvalue weighted by Gasteiger charge is -2.31. The summed E-state index contributed by atoms with van der Waals surface area (Å²) in [6.45, 7) is 0.701. The molecule has 1 aliphatic heterocycles. The van der Waals surface area contributed by atoms with E-state index in [4.69, 9.17) is 16.9 Å². The summed E-state index contributed by atoms with van der Waals surface area (Å²) in [4.78, 5) is 3.26. The van der Waals surface area contributed by atoms with Crippen molar-refractivity contribution in [3.8, 4) is 6.07 Å². The predicted molar refractivity (Wildman–Crippen MR) is 129 cm³/mol. The van der Waals surface area contributed by atoms with Crippen molar-refractivity contribution in [1.29, 1.82) is 5.26 Å². The van der Waals surface area contributed by atoms with Crippen molar-refractivity contribution < 1.29 is 17.9 Å². The lowest BCUT2D eigenvalue weighted by molar-refractivity contribution is 0.185. The van der Waals surface area contributed by atoms with E-state index in [0.29, 0.717) is 31.5 Å². The molecule has 1 aliphatic rings. The number of aliphatic hydroxyl groups excluding tert-OH is 1. The Morgan fingerprint density at radius 1 is 1.35 bits per heavy atom. The molecule has 2 aromatic carbocycles. The highest BCUT2D eigenvalue weighted by atomic mass is 35.5. The molecule has 1 saturated heterocycles. The third kappa shape index (κ3) is 5.48. The fourth-order valence-electron chi connectivity index (χ4n) is 3.93. The first-order valence-electron chi connectivity index (χ1n) is 10.3. The van der Waals surface area contributed by atoms with Gasteiger partial charge in [-0.25, -0.2) is 17.8 Å². The Balaban J connectivity index is 1.52. The second-order valence-corrected chi connectivity index (χ2v) is 11.0. The maximum Gasteiger partial charge on any atom is 0.266 e. The molecular weight excluding hydrogens is 501 g/mol. The van der Waals surface area contributed by atoms with Crippen molar-refractivity contribution in [2.75, 3.05) is 23.1 Å². The van der Waals surface area contributed by atoms with E-state index < -0.39 is 32.4 Å². The van der Waals surface area contributed by atoms with Crippen molar-refractivity contribution in [1.82, 2.24) is 10.3 Å². The Hall–Kier alpha value is -2.75. The number of sulfonamides is 1. The van der Waals surface area contributed by atoms with Crippen LogP contribution in [0.25, 0.3) is 0 Å². The molecule has 12 heteroatoms. The van der Waals surface area contributed by atoms with Gasteiger partial charge in [0, 0.05) is 30.2 Å². The standard InChI is InChI=1S/C22H21ClFN5O3S2/c23-17-7-20(34(31,32)29-21-26-5-6-33-21)18(24)8-19(17)27-13-22(10-16(30)12-28-22)9-14-1-3-15(11-25)4-2-14/h1-8,16,27-28,30H,9-10,12-13H2,(H,26,29)/t16-,22-/m0/s1. The summed E-state index contributed by atoms with van der Waals surface area (Å²) in [5.74, 6) is -0.962. The first-order valence-corrected chi connectivity index (χ1v) is 13.0. The molecule has 0 spiro atoms. The van der Waals surface area contributed by atoms with Crippen molar-refractivity contribution in [3.05, 3.63) is 69.9 Å². The highest BCUT2D eigenvalue weighted by molar-refractivity contribution is 7.93. The van der Waals surface area contributed by atoms with Gasteiger partial charge in [0.15, 0.2) is 5.13 Å². The second-order valence-electron chi connectivity index (χ2n) is 8.06. The Labute approximate surface area is 205 Å². The summed E-state index contributed by atoms with van der Waals surface area (Å²) in [5, 5.41) is 27.3. The number of hydrogen-bond donors (Lipinski definition) is 4. The molecule has 34 heavy (non-hydrogen) atoms. The molecule has 2 heterocycles. The zero-order valence-electron chi connectivity index (χ0n) is 17.8. The predicted octanol–water partition coefficient (Wildman–Crippen LogP) is 3.36. The number of rotatable bonds is 8. The average molecular weight is 522 g/mol. The fraction of sp³-hybridized carbons (Fsp3) is 0.273. The maximum atomic E-state index is 14.8. The van der Waals surface area contributed by atoms with E-state index in [2.05, 4.69) is 26.4 Å². The summed E-state index contributed by atoms with van der Waals surface area (Å²) in [5.41, 5.74) is 1.20. The molecule has 0 aliphatic carbocycles. The fourth-order valence-corrected chi connectivity index (χ4v) is 6.10. The van der Waals surface area contributed by atoms with E-state index in [9.17, 15) is 17.9 Å². The molecule has 8 nitrogen and oxygen atoms in total. The molecule has 0 saturated carbocycles. The van der Waals surface area contributed by atoms with Gasteiger partial charge >= 0.3 is 0 Å². The Kier molecular flexibility index (Phi) is 7.06. The van der Waals surface area contributed by atoms with Crippen molar-refractivity contribution in [2.24, 2.45) is 0 Å². The molecule has 4 N–H and O–H groups in total. The van der Waals surface area contributed by atoms with Crippen molar-refractivity contribution in [3.63, 3.8) is 0 Å². The minimum Gasteiger partial charge on any atom is -0.392 e. The summed E-state index contributed by atoms with van der Waals surface area (Å²) in [6, 6.07) is 11.3. The van der Waals surface area contributed by atoms with Gasteiger partial charge in [0.2, 0.25) is 0 Å². The van der Waals surface area contributed by atoms with E-state index in [-0.39, 0.29) is 15.8 Å². The number of thiazole rings is 1. The van der Waals surface area contributed by atoms with Gasteiger partial charge in [0.05, 0.1) is 28.4 Å². The highest BCUT2D eigenvalue weighted by Crippen LogP contribution is 2.31. The van der Waals surface area contributed by atoms with E-state index in [1.54, 1.807) is 17.5 Å². The molecule has 4 rings (SSSR count). The van der Waals surface area contributed by atoms with E-state index in [0.717, 1.165) is 29.0 Å². The Bertz CT molecular complexity index is 1310. The van der Waals surface area contributed by atoms with Gasteiger partial charge in [-0.05, 0) is 42.7 Å². The summed E-state index contributed by atoms with van der Waals surface area (Å²) in [6.07, 6.45) is 1.88. The number of aliphatic hydroxyl groups is 1. The molecule has 1 aromatic heterocycles. The Morgan fingerprint density at radius 3 is 2.74 bits per heavy atom. The van der Waals surface area contributed by atoms with Crippen molar-refractivity contribution >= 4 is 43.8 Å². The van der Waals surface area contributed by atoms with Crippen LogP contribution in [0.5, 0.6) is 0 Å². The third-order valence-corrected chi connectivity index (χ3v) is 8.03. The zero-order valence-corrected chi connectivity index (χ0v) is 20.1. The van der Waals surface area contributed by atoms with Crippen LogP contribution in [0.15, 0.2) is 52.9 Å². The summed E-state index contributed by atoms with van der Waals surface area (Å²) < 4.78 is 42.2. The van der Waals surface area contributed by atoms with Gasteiger partial charge in [-0.1, -0.05) is 23.7 Å². The number of hydrogen-bond acceptors (Lipinski definition) is 8. The number of nitrogens with zero attached hydrogens (tertiary/aromatic N) is 2. The topological polar surface area (TPSA) is 127 Å². The van der Waals surface area contributed by atoms with E-state index in [1.165, 1.54) is 6.20 Å². The van der Waals surface area contributed by atoms with Gasteiger partial charge in [-0.3, -0.25) is 4.72 Å². The molecule has 0 amide bonds. The first-order chi connectivity index (χ1) is 16.2. The smallest absolute Gasteiger partial charge is 0.266 e. The molecule has 178 valence electrons. The minimum absolute atomic E-state index is 0.0352. The first kappa shape index (κ1) is 24.4. The minimum atomic E-state index is -4.21. The van der Waals surface area contributed by atoms with Crippen LogP contribution in [-0.4, -0.2) is 43.2 Å². The van der Waals surface area contributed by atoms with Crippen LogP contribution in [0.1, 0.15) is 17.5 Å².